The number of rotatable bonds is 0. The van der Waals surface area contributed by atoms with Crippen LogP contribution in [0.4, 0.5) is 0 Å². The van der Waals surface area contributed by atoms with Crippen LogP contribution in [0.25, 0.3) is 0 Å². The van der Waals surface area contributed by atoms with E-state index in [-0.39, 0.29) is 37.1 Å². The van der Waals surface area contributed by atoms with Gasteiger partial charge in [0.05, 0.1) is 0 Å². The minimum atomic E-state index is 0. The molecule has 17 heavy (non-hydrogen) atoms. The summed E-state index contributed by atoms with van der Waals surface area (Å²) in [5, 5.41) is 0. The van der Waals surface area contributed by atoms with Gasteiger partial charge in [-0.1, -0.05) is 114 Å². The van der Waals surface area contributed by atoms with Crippen LogP contribution in [-0.2, 0) is 0 Å². The Hall–Kier alpha value is -0.780. The van der Waals surface area contributed by atoms with Crippen molar-refractivity contribution >= 4 is 0 Å². The van der Waals surface area contributed by atoms with Crippen LogP contribution in [0.3, 0.4) is 0 Å². The zero-order valence-corrected chi connectivity index (χ0v) is 8.88. The van der Waals surface area contributed by atoms with E-state index >= 15 is 0 Å². The van der Waals surface area contributed by atoms with Gasteiger partial charge >= 0.3 is 0 Å². The van der Waals surface area contributed by atoms with Crippen molar-refractivity contribution in [2.45, 2.75) is 77.7 Å². The first kappa shape index (κ1) is 44.2. The molecule has 0 bridgehead atoms. The van der Waals surface area contributed by atoms with E-state index in [1.54, 1.807) is 0 Å². The van der Waals surface area contributed by atoms with Crippen molar-refractivity contribution in [3.8, 4) is 0 Å². The van der Waals surface area contributed by atoms with Gasteiger partial charge in [-0.2, -0.15) is 0 Å². The summed E-state index contributed by atoms with van der Waals surface area (Å²) in [6, 6.07) is 12.0. The van der Waals surface area contributed by atoms with Crippen LogP contribution in [0, 0.1) is 0 Å². The van der Waals surface area contributed by atoms with E-state index in [9.17, 15) is 0 Å². The third-order valence-electron chi connectivity index (χ3n) is 0.667. The van der Waals surface area contributed by atoms with Gasteiger partial charge in [0.2, 0.25) is 0 Å². The highest BCUT2D eigenvalue weighted by molar-refractivity contribution is 4.99. The fraction of sp³-hybridized carbons (Fsp3) is 0.647. The van der Waals surface area contributed by atoms with Crippen LogP contribution in [-0.4, -0.2) is 0 Å². The zero-order chi connectivity index (χ0) is 9.66. The van der Waals surface area contributed by atoms with Crippen molar-refractivity contribution < 1.29 is 0 Å². The van der Waals surface area contributed by atoms with Gasteiger partial charge < -0.3 is 0 Å². The molecule has 0 unspecified atom stereocenters. The molecular formula is C17H42. The first-order valence-corrected chi connectivity index (χ1v) is 4.83. The molecule has 0 radical (unpaired) electrons. The van der Waals surface area contributed by atoms with Gasteiger partial charge in [0.1, 0.15) is 0 Å². The highest BCUT2D eigenvalue weighted by Crippen LogP contribution is 1.79. The highest BCUT2D eigenvalue weighted by atomic mass is 13.6. The van der Waals surface area contributed by atoms with Crippen LogP contribution in [0.15, 0.2) is 36.4 Å². The van der Waals surface area contributed by atoms with Crippen molar-refractivity contribution in [3.63, 3.8) is 0 Å². The summed E-state index contributed by atoms with van der Waals surface area (Å²) < 4.78 is 0. The smallest absolute Gasteiger partial charge is 0.0590 e. The maximum absolute atomic E-state index is 2.12. The van der Waals surface area contributed by atoms with Crippen molar-refractivity contribution in [1.29, 1.82) is 0 Å². The number of benzene rings is 1. The molecule has 0 heterocycles. The largest absolute Gasteiger partial charge is 0.0776 e. The molecule has 0 N–H and O–H groups in total. The minimum Gasteiger partial charge on any atom is -0.0776 e. The molecule has 0 aromatic heterocycles. The lowest BCUT2D eigenvalue weighted by Gasteiger charge is -1.69. The molecule has 0 saturated heterocycles. The van der Waals surface area contributed by atoms with E-state index in [1.165, 1.54) is 12.8 Å². The van der Waals surface area contributed by atoms with Gasteiger partial charge in [-0.25, -0.2) is 0 Å². The molecule has 0 amide bonds. The Kier molecular flexibility index (Phi) is 154. The summed E-state index contributed by atoms with van der Waals surface area (Å²) in [6.45, 7) is 8.50. The zero-order valence-electron chi connectivity index (χ0n) is 8.88. The van der Waals surface area contributed by atoms with Gasteiger partial charge in [0, 0.05) is 0 Å². The summed E-state index contributed by atoms with van der Waals surface area (Å²) in [7, 11) is 0. The van der Waals surface area contributed by atoms with E-state index in [0.717, 1.165) is 0 Å². The monoisotopic (exact) mass is 246 g/mol. The summed E-state index contributed by atoms with van der Waals surface area (Å²) >= 11 is 0. The normalized spacial score (nSPS) is 4.94. The van der Waals surface area contributed by atoms with Crippen LogP contribution < -0.4 is 0 Å². The third-order valence-corrected chi connectivity index (χ3v) is 0.667. The second-order valence-corrected chi connectivity index (χ2v) is 2.57. The van der Waals surface area contributed by atoms with Gasteiger partial charge in [-0.3, -0.25) is 0 Å². The van der Waals surface area contributed by atoms with E-state index in [2.05, 4.69) is 27.7 Å². The van der Waals surface area contributed by atoms with Crippen molar-refractivity contribution in [2.24, 2.45) is 0 Å². The number of hydrogen-bond donors (Lipinski definition) is 0. The standard InChI is InChI=1S/C6H6.2C3H8.5CH4/c1-2-4-6-5-3-1;2*1-3-2;;;;;/h1-6H;2*3H2,1-2H3;5*1H4. The van der Waals surface area contributed by atoms with Crippen molar-refractivity contribution in [1.82, 2.24) is 0 Å². The molecule has 0 aliphatic heterocycles. The molecule has 1 aromatic rings. The van der Waals surface area contributed by atoms with Gasteiger partial charge in [-0.05, 0) is 0 Å². The lowest BCUT2D eigenvalue weighted by molar-refractivity contribution is 1.09. The maximum atomic E-state index is 2.12. The fourth-order valence-electron chi connectivity index (χ4n) is 0.385. The summed E-state index contributed by atoms with van der Waals surface area (Å²) in [4.78, 5) is 0. The van der Waals surface area contributed by atoms with Crippen LogP contribution in [0.2, 0.25) is 0 Å². The molecular weight excluding hydrogens is 204 g/mol. The average molecular weight is 247 g/mol. The first-order chi connectivity index (χ1) is 5.83. The van der Waals surface area contributed by atoms with Crippen LogP contribution in [0.5, 0.6) is 0 Å². The van der Waals surface area contributed by atoms with E-state index in [4.69, 9.17) is 0 Å². The highest BCUT2D eigenvalue weighted by Gasteiger charge is 1.57. The van der Waals surface area contributed by atoms with Gasteiger partial charge in [-0.15, -0.1) is 0 Å². The van der Waals surface area contributed by atoms with Crippen molar-refractivity contribution in [2.75, 3.05) is 0 Å². The Labute approximate surface area is 114 Å². The van der Waals surface area contributed by atoms with Crippen LogP contribution >= 0.6 is 0 Å². The van der Waals surface area contributed by atoms with E-state index < -0.39 is 0 Å². The molecule has 1 aromatic carbocycles. The molecule has 0 fully saturated rings. The maximum Gasteiger partial charge on any atom is -0.0590 e. The van der Waals surface area contributed by atoms with Gasteiger partial charge in [0.25, 0.3) is 0 Å². The molecule has 1 rings (SSSR count). The second kappa shape index (κ2) is 59.0. The van der Waals surface area contributed by atoms with Gasteiger partial charge in [0.15, 0.2) is 0 Å². The lowest BCUT2D eigenvalue weighted by atomic mass is 10.4. The Morgan fingerprint density at radius 3 is 0.529 bits per heavy atom. The molecule has 0 nitrogen and oxygen atoms in total. The topological polar surface area (TPSA) is 0 Å². The Bertz CT molecular complexity index is 92.0. The number of hydrogen-bond acceptors (Lipinski definition) is 0. The Morgan fingerprint density at radius 1 is 0.412 bits per heavy atom. The fourth-order valence-corrected chi connectivity index (χ4v) is 0.385. The molecule has 0 atom stereocenters. The summed E-state index contributed by atoms with van der Waals surface area (Å²) in [5.41, 5.74) is 0. The van der Waals surface area contributed by atoms with Crippen LogP contribution in [0.1, 0.15) is 77.7 Å². The van der Waals surface area contributed by atoms with Crippen molar-refractivity contribution in [3.05, 3.63) is 36.4 Å². The minimum absolute atomic E-state index is 0. The van der Waals surface area contributed by atoms with E-state index in [1.807, 2.05) is 36.4 Å². The molecule has 0 spiro atoms. The predicted octanol–water partition coefficient (Wildman–Crippen LogP) is 7.70. The van der Waals surface area contributed by atoms with E-state index in [0.29, 0.717) is 0 Å². The summed E-state index contributed by atoms with van der Waals surface area (Å²) in [6.07, 6.45) is 2.50. The first-order valence-electron chi connectivity index (χ1n) is 4.83. The third kappa shape index (κ3) is 97.6. The molecule has 0 saturated carbocycles. The second-order valence-electron chi connectivity index (χ2n) is 2.57. The summed E-state index contributed by atoms with van der Waals surface area (Å²) in [5.74, 6) is 0. The molecule has 110 valence electrons. The molecule has 0 heteroatoms. The average Bonchev–Trinajstić information content (AvgIpc) is 2.10. The Morgan fingerprint density at radius 2 is 0.471 bits per heavy atom. The molecule has 0 aliphatic rings. The Balaban J connectivity index is -0.0000000166. The molecule has 0 aliphatic carbocycles. The lowest BCUT2D eigenvalue weighted by Crippen LogP contribution is -1.47. The SMILES string of the molecule is C.C.C.C.C.CCC.CCC.c1ccccc1. The quantitative estimate of drug-likeness (QED) is 0.440. The predicted molar refractivity (Wildman–Crippen MR) is 92.0 cm³/mol.